The highest BCUT2D eigenvalue weighted by Crippen LogP contribution is 2.19. The Kier molecular flexibility index (Phi) is 2.67. The molecule has 1 aromatic rings. The first-order chi connectivity index (χ1) is 5.24. The Morgan fingerprint density at radius 2 is 2.27 bits per heavy atom. The predicted molar refractivity (Wildman–Crippen MR) is 48.8 cm³/mol. The Labute approximate surface area is 71.5 Å². The van der Waals surface area contributed by atoms with Crippen LogP contribution < -0.4 is 0 Å². The van der Waals surface area contributed by atoms with E-state index in [0.717, 1.165) is 4.88 Å². The minimum Gasteiger partial charge on any atom is -0.248 e. The molecule has 0 N–H and O–H groups in total. The van der Waals surface area contributed by atoms with E-state index in [-0.39, 0.29) is 0 Å². The largest absolute Gasteiger partial charge is 0.248 e. The van der Waals surface area contributed by atoms with Crippen molar-refractivity contribution in [3.05, 3.63) is 16.1 Å². The summed E-state index contributed by atoms with van der Waals surface area (Å²) in [7, 11) is 0. The lowest BCUT2D eigenvalue weighted by Gasteiger charge is -1.94. The van der Waals surface area contributed by atoms with Gasteiger partial charge in [-0.2, -0.15) is 0 Å². The van der Waals surface area contributed by atoms with Gasteiger partial charge in [-0.1, -0.05) is 19.8 Å². The molecule has 0 saturated heterocycles. The van der Waals surface area contributed by atoms with Crippen LogP contribution in [-0.4, -0.2) is 4.98 Å². The summed E-state index contributed by atoms with van der Waals surface area (Å²) in [5.41, 5.74) is 0. The zero-order chi connectivity index (χ0) is 8.27. The maximum atomic E-state index is 4.25. The fraction of sp³-hybridized carbons (Fsp3) is 0.444. The van der Waals surface area contributed by atoms with Crippen LogP contribution in [0.2, 0.25) is 0 Å². The first-order valence-electron chi connectivity index (χ1n) is 3.62. The van der Waals surface area contributed by atoms with E-state index in [1.54, 1.807) is 11.3 Å². The van der Waals surface area contributed by atoms with Gasteiger partial charge in [-0.15, -0.1) is 17.3 Å². The summed E-state index contributed by atoms with van der Waals surface area (Å²) in [4.78, 5) is 5.32. The number of aromatic nitrogens is 1. The first-order valence-corrected chi connectivity index (χ1v) is 4.44. The molecule has 0 unspecified atom stereocenters. The lowest BCUT2D eigenvalue weighted by Crippen LogP contribution is -1.81. The number of hydrogen-bond acceptors (Lipinski definition) is 2. The van der Waals surface area contributed by atoms with Crippen molar-refractivity contribution in [2.45, 2.75) is 26.7 Å². The molecule has 0 saturated carbocycles. The monoisotopic (exact) mass is 165 g/mol. The maximum Gasteiger partial charge on any atom is 0.0969 e. The fourth-order valence-corrected chi connectivity index (χ4v) is 1.56. The molecule has 0 aliphatic carbocycles. The number of nitrogens with zero attached hydrogens (tertiary/aromatic N) is 1. The molecule has 1 aromatic heterocycles. The minimum atomic E-state index is 0.521. The van der Waals surface area contributed by atoms with Crippen LogP contribution in [0.15, 0.2) is 6.20 Å². The molecule has 1 heterocycles. The maximum absolute atomic E-state index is 4.25. The van der Waals surface area contributed by atoms with Gasteiger partial charge in [0, 0.05) is 5.92 Å². The lowest BCUT2D eigenvalue weighted by atomic mass is 10.2. The van der Waals surface area contributed by atoms with Crippen LogP contribution in [0.5, 0.6) is 0 Å². The third kappa shape index (κ3) is 2.06. The molecule has 0 aromatic carbocycles. The third-order valence-electron chi connectivity index (χ3n) is 1.27. The van der Waals surface area contributed by atoms with Crippen molar-refractivity contribution in [2.24, 2.45) is 0 Å². The van der Waals surface area contributed by atoms with Gasteiger partial charge in [0.1, 0.15) is 0 Å². The molecule has 58 valence electrons. The average molecular weight is 165 g/mol. The molecule has 0 fully saturated rings. The summed E-state index contributed by atoms with van der Waals surface area (Å²) < 4.78 is 0. The van der Waals surface area contributed by atoms with Crippen LogP contribution >= 0.6 is 11.3 Å². The van der Waals surface area contributed by atoms with Crippen LogP contribution in [0, 0.1) is 11.8 Å². The second kappa shape index (κ2) is 3.54. The molecule has 0 amide bonds. The van der Waals surface area contributed by atoms with Gasteiger partial charge >= 0.3 is 0 Å². The topological polar surface area (TPSA) is 12.9 Å². The van der Waals surface area contributed by atoms with Crippen molar-refractivity contribution in [3.63, 3.8) is 0 Å². The van der Waals surface area contributed by atoms with Crippen LogP contribution in [0.3, 0.4) is 0 Å². The SMILES string of the molecule is CC#Cc1cnc(C(C)C)s1. The van der Waals surface area contributed by atoms with Gasteiger partial charge in [0.15, 0.2) is 0 Å². The van der Waals surface area contributed by atoms with Gasteiger partial charge in [-0.25, -0.2) is 4.98 Å². The van der Waals surface area contributed by atoms with Gasteiger partial charge < -0.3 is 0 Å². The van der Waals surface area contributed by atoms with Gasteiger partial charge in [-0.3, -0.25) is 0 Å². The highest BCUT2D eigenvalue weighted by atomic mass is 32.1. The summed E-state index contributed by atoms with van der Waals surface area (Å²) in [6.07, 6.45) is 1.84. The van der Waals surface area contributed by atoms with Crippen molar-refractivity contribution < 1.29 is 0 Å². The summed E-state index contributed by atoms with van der Waals surface area (Å²) >= 11 is 1.68. The van der Waals surface area contributed by atoms with E-state index in [1.165, 1.54) is 5.01 Å². The van der Waals surface area contributed by atoms with Crippen molar-refractivity contribution in [3.8, 4) is 11.8 Å². The molecule has 1 nitrogen and oxygen atoms in total. The third-order valence-corrected chi connectivity index (χ3v) is 2.48. The quantitative estimate of drug-likeness (QED) is 0.583. The van der Waals surface area contributed by atoms with Crippen LogP contribution in [0.1, 0.15) is 36.6 Å². The van der Waals surface area contributed by atoms with Crippen molar-refractivity contribution in [2.75, 3.05) is 0 Å². The lowest BCUT2D eigenvalue weighted by molar-refractivity contribution is 0.852. The molecule has 0 aliphatic heterocycles. The molecule has 1 rings (SSSR count). The molecule has 0 bridgehead atoms. The number of rotatable bonds is 1. The van der Waals surface area contributed by atoms with E-state index in [1.807, 2.05) is 13.1 Å². The Balaban J connectivity index is 2.87. The van der Waals surface area contributed by atoms with Crippen LogP contribution in [0.4, 0.5) is 0 Å². The average Bonchev–Trinajstić information content (AvgIpc) is 2.37. The molecule has 0 radical (unpaired) electrons. The molecule has 0 aliphatic rings. The van der Waals surface area contributed by atoms with E-state index in [2.05, 4.69) is 30.7 Å². The fourth-order valence-electron chi connectivity index (χ4n) is 0.736. The van der Waals surface area contributed by atoms with E-state index in [9.17, 15) is 0 Å². The van der Waals surface area contributed by atoms with Gasteiger partial charge in [0.2, 0.25) is 0 Å². The molecule has 2 heteroatoms. The Morgan fingerprint density at radius 3 is 2.73 bits per heavy atom. The smallest absolute Gasteiger partial charge is 0.0969 e. The highest BCUT2D eigenvalue weighted by molar-refractivity contribution is 7.12. The van der Waals surface area contributed by atoms with Crippen molar-refractivity contribution in [1.29, 1.82) is 0 Å². The van der Waals surface area contributed by atoms with E-state index in [4.69, 9.17) is 0 Å². The zero-order valence-electron chi connectivity index (χ0n) is 7.01. The summed E-state index contributed by atoms with van der Waals surface area (Å²) in [6, 6.07) is 0. The Hall–Kier alpha value is -0.810. The number of hydrogen-bond donors (Lipinski definition) is 0. The summed E-state index contributed by atoms with van der Waals surface area (Å²) in [5.74, 6) is 6.37. The van der Waals surface area contributed by atoms with Crippen molar-refractivity contribution in [1.82, 2.24) is 4.98 Å². The van der Waals surface area contributed by atoms with Crippen LogP contribution in [-0.2, 0) is 0 Å². The molecular formula is C9H11NS. The number of thiazole rings is 1. The van der Waals surface area contributed by atoms with Gasteiger partial charge in [-0.05, 0) is 6.92 Å². The van der Waals surface area contributed by atoms with Crippen molar-refractivity contribution >= 4 is 11.3 Å². The minimum absolute atomic E-state index is 0.521. The first kappa shape index (κ1) is 8.29. The predicted octanol–water partition coefficient (Wildman–Crippen LogP) is 2.64. The normalized spacial score (nSPS) is 9.45. The van der Waals surface area contributed by atoms with Gasteiger partial charge in [0.05, 0.1) is 16.1 Å². The Bertz CT molecular complexity index is 288. The second-order valence-corrected chi connectivity index (χ2v) is 3.65. The standard InChI is InChI=1S/C9H11NS/c1-4-5-8-6-10-9(11-8)7(2)3/h6-7H,1-3H3. The summed E-state index contributed by atoms with van der Waals surface area (Å²) in [6.45, 7) is 6.12. The molecule has 0 atom stereocenters. The summed E-state index contributed by atoms with van der Waals surface area (Å²) in [5, 5.41) is 1.17. The molecule has 11 heavy (non-hydrogen) atoms. The zero-order valence-corrected chi connectivity index (χ0v) is 7.83. The second-order valence-electron chi connectivity index (χ2n) is 2.59. The highest BCUT2D eigenvalue weighted by Gasteiger charge is 2.02. The van der Waals surface area contributed by atoms with E-state index in [0.29, 0.717) is 5.92 Å². The van der Waals surface area contributed by atoms with Gasteiger partial charge in [0.25, 0.3) is 0 Å². The molecular weight excluding hydrogens is 154 g/mol. The Morgan fingerprint density at radius 1 is 1.55 bits per heavy atom. The van der Waals surface area contributed by atoms with Crippen LogP contribution in [0.25, 0.3) is 0 Å². The molecule has 0 spiro atoms. The van der Waals surface area contributed by atoms with E-state index < -0.39 is 0 Å². The van der Waals surface area contributed by atoms with E-state index >= 15 is 0 Å².